The number of halogens is 1. The fraction of sp³-hybridized carbons (Fsp3) is 0.154. The minimum absolute atomic E-state index is 0.00771. The monoisotopic (exact) mass is 389 g/mol. The number of hydrogen-bond acceptors (Lipinski definition) is 4. The third kappa shape index (κ3) is 3.91. The zero-order valence-electron chi connectivity index (χ0n) is 10.9. The molecular weight excluding hydrogens is 378 g/mol. The lowest BCUT2D eigenvalue weighted by Gasteiger charge is -2.14. The van der Waals surface area contributed by atoms with Crippen LogP contribution in [0.5, 0.6) is 0 Å². The minimum Gasteiger partial charge on any atom is -0.477 e. The van der Waals surface area contributed by atoms with Crippen LogP contribution >= 0.6 is 27.3 Å². The van der Waals surface area contributed by atoms with E-state index in [1.54, 1.807) is 6.92 Å². The highest BCUT2D eigenvalue weighted by molar-refractivity contribution is 9.10. The molecule has 1 heterocycles. The van der Waals surface area contributed by atoms with E-state index in [4.69, 9.17) is 5.11 Å². The minimum atomic E-state index is -3.75. The first kappa shape index (κ1) is 16.2. The number of nitrogens with one attached hydrogen (secondary N) is 1. The Balaban J connectivity index is 2.20. The van der Waals surface area contributed by atoms with Gasteiger partial charge in [0.05, 0.1) is 4.90 Å². The van der Waals surface area contributed by atoms with Crippen LogP contribution in [0.1, 0.15) is 28.2 Å². The highest BCUT2D eigenvalue weighted by atomic mass is 79.9. The predicted octanol–water partition coefficient (Wildman–Crippen LogP) is 3.25. The number of benzene rings is 1. The molecule has 1 atom stereocenters. The van der Waals surface area contributed by atoms with Gasteiger partial charge in [0.15, 0.2) is 0 Å². The molecule has 0 spiro atoms. The molecule has 1 aromatic heterocycles. The highest BCUT2D eigenvalue weighted by Crippen LogP contribution is 2.22. The number of carboxylic acids is 1. The first-order chi connectivity index (χ1) is 9.79. The van der Waals surface area contributed by atoms with Gasteiger partial charge in [0.1, 0.15) is 4.88 Å². The first-order valence-corrected chi connectivity index (χ1v) is 9.05. The number of aromatic carboxylic acids is 1. The first-order valence-electron chi connectivity index (χ1n) is 5.89. The maximum absolute atomic E-state index is 12.2. The summed E-state index contributed by atoms with van der Waals surface area (Å²) in [6.07, 6.45) is 0. The molecule has 0 bridgehead atoms. The molecule has 2 rings (SSSR count). The fourth-order valence-electron chi connectivity index (χ4n) is 1.69. The fourth-order valence-corrected chi connectivity index (χ4v) is 4.30. The Morgan fingerprint density at radius 3 is 2.48 bits per heavy atom. The van der Waals surface area contributed by atoms with Gasteiger partial charge in [-0.05, 0) is 30.7 Å². The van der Waals surface area contributed by atoms with E-state index in [0.29, 0.717) is 0 Å². The number of carbonyl (C=O) groups is 1. The molecule has 0 amide bonds. The molecule has 8 heteroatoms. The van der Waals surface area contributed by atoms with Crippen molar-refractivity contribution >= 4 is 43.3 Å². The molecule has 0 aliphatic heterocycles. The van der Waals surface area contributed by atoms with Crippen LogP contribution in [0.3, 0.4) is 0 Å². The summed E-state index contributed by atoms with van der Waals surface area (Å²) in [4.78, 5) is 10.8. The molecular formula is C13H12BrNO4S2. The maximum atomic E-state index is 12.2. The summed E-state index contributed by atoms with van der Waals surface area (Å²) in [5.41, 5.74) is 0.815. The van der Waals surface area contributed by atoms with Crippen LogP contribution in [0.4, 0.5) is 0 Å². The number of carboxylic acid groups (broad SMARTS) is 1. The SMILES string of the molecule is C[C@H](NS(=O)(=O)c1csc(C(=O)O)c1)c1ccc(Br)cc1. The van der Waals surface area contributed by atoms with Gasteiger partial charge in [-0.2, -0.15) is 0 Å². The Hall–Kier alpha value is -1.22. The van der Waals surface area contributed by atoms with Gasteiger partial charge in [0.2, 0.25) is 10.0 Å². The summed E-state index contributed by atoms with van der Waals surface area (Å²) in [5.74, 6) is -1.14. The van der Waals surface area contributed by atoms with Gasteiger partial charge in [-0.25, -0.2) is 17.9 Å². The Bertz CT molecular complexity index is 753. The largest absolute Gasteiger partial charge is 0.477 e. The van der Waals surface area contributed by atoms with E-state index in [9.17, 15) is 13.2 Å². The van der Waals surface area contributed by atoms with Crippen molar-refractivity contribution in [3.8, 4) is 0 Å². The summed E-state index contributed by atoms with van der Waals surface area (Å²) < 4.78 is 27.9. The number of hydrogen-bond donors (Lipinski definition) is 2. The Kier molecular flexibility index (Phi) is 4.82. The molecule has 0 saturated carbocycles. The highest BCUT2D eigenvalue weighted by Gasteiger charge is 2.21. The molecule has 0 saturated heterocycles. The quantitative estimate of drug-likeness (QED) is 0.821. The molecule has 1 aromatic carbocycles. The van der Waals surface area contributed by atoms with Crippen LogP contribution in [0.15, 0.2) is 45.1 Å². The van der Waals surface area contributed by atoms with E-state index in [1.165, 1.54) is 5.38 Å². The molecule has 2 aromatic rings. The van der Waals surface area contributed by atoms with Gasteiger partial charge in [0, 0.05) is 15.9 Å². The molecule has 5 nitrogen and oxygen atoms in total. The van der Waals surface area contributed by atoms with Crippen molar-refractivity contribution in [2.75, 3.05) is 0 Å². The lowest BCUT2D eigenvalue weighted by atomic mass is 10.1. The van der Waals surface area contributed by atoms with Crippen LogP contribution in [0.2, 0.25) is 0 Å². The van der Waals surface area contributed by atoms with Gasteiger partial charge >= 0.3 is 5.97 Å². The van der Waals surface area contributed by atoms with E-state index >= 15 is 0 Å². The molecule has 0 radical (unpaired) electrons. The summed E-state index contributed by atoms with van der Waals surface area (Å²) in [6, 6.07) is 8.02. The molecule has 0 aliphatic rings. The van der Waals surface area contributed by atoms with Gasteiger partial charge in [-0.3, -0.25) is 0 Å². The third-order valence-electron chi connectivity index (χ3n) is 2.80. The van der Waals surface area contributed by atoms with Crippen molar-refractivity contribution in [3.05, 3.63) is 50.6 Å². The standard InChI is InChI=1S/C13H12BrNO4S2/c1-8(9-2-4-10(14)5-3-9)15-21(18,19)11-6-12(13(16)17)20-7-11/h2-8,15H,1H3,(H,16,17)/t8-/m0/s1. The Morgan fingerprint density at radius 1 is 1.33 bits per heavy atom. The summed E-state index contributed by atoms with van der Waals surface area (Å²) in [5, 5.41) is 10.2. The molecule has 0 aliphatic carbocycles. The number of sulfonamides is 1. The average Bonchev–Trinajstić information content (AvgIpc) is 2.89. The van der Waals surface area contributed by atoms with Crippen LogP contribution in [0.25, 0.3) is 0 Å². The zero-order chi connectivity index (χ0) is 15.6. The van der Waals surface area contributed by atoms with Crippen LogP contribution < -0.4 is 4.72 Å². The topological polar surface area (TPSA) is 83.5 Å². The van der Waals surface area contributed by atoms with Crippen molar-refractivity contribution in [3.63, 3.8) is 0 Å². The van der Waals surface area contributed by atoms with Crippen molar-refractivity contribution in [2.45, 2.75) is 17.9 Å². The van der Waals surface area contributed by atoms with E-state index in [-0.39, 0.29) is 9.77 Å². The molecule has 112 valence electrons. The summed E-state index contributed by atoms with van der Waals surface area (Å²) in [7, 11) is -3.75. The second-order valence-corrected chi connectivity index (χ2v) is 7.89. The van der Waals surface area contributed by atoms with Gasteiger partial charge in [-0.15, -0.1) is 11.3 Å². The van der Waals surface area contributed by atoms with E-state index in [2.05, 4.69) is 20.7 Å². The lowest BCUT2D eigenvalue weighted by molar-refractivity contribution is 0.0702. The smallest absolute Gasteiger partial charge is 0.345 e. The van der Waals surface area contributed by atoms with Crippen molar-refractivity contribution in [2.24, 2.45) is 0 Å². The zero-order valence-corrected chi connectivity index (χ0v) is 14.1. The van der Waals surface area contributed by atoms with Gasteiger partial charge in [0.25, 0.3) is 0 Å². The molecule has 2 N–H and O–H groups in total. The van der Waals surface area contributed by atoms with Gasteiger partial charge < -0.3 is 5.11 Å². The Morgan fingerprint density at radius 2 is 1.95 bits per heavy atom. The number of rotatable bonds is 5. The summed E-state index contributed by atoms with van der Waals surface area (Å²) in [6.45, 7) is 1.73. The van der Waals surface area contributed by atoms with Crippen molar-refractivity contribution in [1.82, 2.24) is 4.72 Å². The van der Waals surface area contributed by atoms with Crippen molar-refractivity contribution in [1.29, 1.82) is 0 Å². The average molecular weight is 390 g/mol. The number of thiophene rings is 1. The van der Waals surface area contributed by atoms with E-state index < -0.39 is 22.0 Å². The maximum Gasteiger partial charge on any atom is 0.345 e. The third-order valence-corrected chi connectivity index (χ3v) is 5.91. The van der Waals surface area contributed by atoms with Crippen LogP contribution in [0, 0.1) is 0 Å². The molecule has 21 heavy (non-hydrogen) atoms. The normalized spacial score (nSPS) is 13.0. The van der Waals surface area contributed by atoms with Crippen LogP contribution in [-0.2, 0) is 10.0 Å². The molecule has 0 unspecified atom stereocenters. The second-order valence-electron chi connectivity index (χ2n) is 4.35. The van der Waals surface area contributed by atoms with Crippen LogP contribution in [-0.4, -0.2) is 19.5 Å². The molecule has 0 fully saturated rings. The predicted molar refractivity (Wildman–Crippen MR) is 84.2 cm³/mol. The van der Waals surface area contributed by atoms with E-state index in [0.717, 1.165) is 27.4 Å². The van der Waals surface area contributed by atoms with Gasteiger partial charge in [-0.1, -0.05) is 28.1 Å². The van der Waals surface area contributed by atoms with Crippen molar-refractivity contribution < 1.29 is 18.3 Å². The summed E-state index contributed by atoms with van der Waals surface area (Å²) >= 11 is 4.20. The van der Waals surface area contributed by atoms with E-state index in [1.807, 2.05) is 24.3 Å². The Labute approximate surface area is 134 Å². The second kappa shape index (κ2) is 6.27. The lowest BCUT2D eigenvalue weighted by Crippen LogP contribution is -2.26.